The lowest BCUT2D eigenvalue weighted by Crippen LogP contribution is -2.60. The molecule has 0 saturated carbocycles. The Hall–Kier alpha value is -2.25. The topological polar surface area (TPSA) is 57.2 Å². The zero-order valence-electron chi connectivity index (χ0n) is 13.8. The van der Waals surface area contributed by atoms with Crippen LogP contribution in [0.3, 0.4) is 0 Å². The molecule has 2 aromatic rings. The van der Waals surface area contributed by atoms with E-state index in [0.29, 0.717) is 0 Å². The highest BCUT2D eigenvalue weighted by molar-refractivity contribution is 5.77. The zero-order chi connectivity index (χ0) is 17.2. The van der Waals surface area contributed by atoms with E-state index in [1.807, 2.05) is 60.7 Å². The molecule has 6 heteroatoms. The van der Waals surface area contributed by atoms with Gasteiger partial charge in [-0.25, -0.2) is 9.63 Å². The number of esters is 1. The molecule has 2 aromatic carbocycles. The van der Waals surface area contributed by atoms with Gasteiger partial charge in [-0.3, -0.25) is 0 Å². The second-order valence-electron chi connectivity index (χ2n) is 5.57. The van der Waals surface area contributed by atoms with Crippen molar-refractivity contribution in [2.45, 2.75) is 18.4 Å². The molecule has 0 aromatic heterocycles. The summed E-state index contributed by atoms with van der Waals surface area (Å²) in [5, 5.41) is 1.47. The minimum absolute atomic E-state index is 0.691. The molecule has 1 aliphatic rings. The van der Waals surface area contributed by atoms with Gasteiger partial charge in [0.25, 0.3) is 0 Å². The third kappa shape index (κ3) is 2.59. The normalized spacial score (nSPS) is 23.6. The third-order valence-electron chi connectivity index (χ3n) is 3.96. The fourth-order valence-corrected chi connectivity index (χ4v) is 2.74. The van der Waals surface area contributed by atoms with Crippen molar-refractivity contribution in [1.82, 2.24) is 5.06 Å². The Labute approximate surface area is 140 Å². The first-order chi connectivity index (χ1) is 11.5. The minimum Gasteiger partial charge on any atom is -0.465 e. The lowest BCUT2D eigenvalue weighted by atomic mass is 9.94. The van der Waals surface area contributed by atoms with E-state index in [1.54, 1.807) is 7.05 Å². The predicted octanol–water partition coefficient (Wildman–Crippen LogP) is 2.60. The molecule has 0 aliphatic carbocycles. The molecule has 1 saturated heterocycles. The molecule has 1 unspecified atom stereocenters. The maximum atomic E-state index is 11.9. The van der Waals surface area contributed by atoms with E-state index in [0.717, 1.165) is 11.1 Å². The first kappa shape index (κ1) is 16.6. The van der Waals surface area contributed by atoms with E-state index in [9.17, 15) is 4.79 Å². The average molecular weight is 329 g/mol. The molecule has 0 amide bonds. The highest BCUT2D eigenvalue weighted by Gasteiger charge is 2.55. The van der Waals surface area contributed by atoms with Gasteiger partial charge in [-0.1, -0.05) is 60.7 Å². The molecule has 3 rings (SSSR count). The van der Waals surface area contributed by atoms with Crippen molar-refractivity contribution in [3.63, 3.8) is 0 Å². The molecular formula is C18H19NO5. The van der Waals surface area contributed by atoms with Gasteiger partial charge in [-0.2, -0.15) is 9.78 Å². The summed E-state index contributed by atoms with van der Waals surface area (Å²) >= 11 is 0. The summed E-state index contributed by atoms with van der Waals surface area (Å²) < 4.78 is 4.73. The molecule has 0 radical (unpaired) electrons. The monoisotopic (exact) mass is 329 g/mol. The van der Waals surface area contributed by atoms with Crippen molar-refractivity contribution >= 4 is 5.97 Å². The number of hydrogen-bond donors (Lipinski definition) is 0. The second-order valence-corrected chi connectivity index (χ2v) is 5.57. The maximum absolute atomic E-state index is 11.9. The number of hydroxylamine groups is 2. The van der Waals surface area contributed by atoms with Gasteiger partial charge in [0, 0.05) is 25.1 Å². The Kier molecular flexibility index (Phi) is 4.38. The van der Waals surface area contributed by atoms with Gasteiger partial charge < -0.3 is 4.74 Å². The van der Waals surface area contributed by atoms with Crippen molar-refractivity contribution < 1.29 is 24.1 Å². The van der Waals surface area contributed by atoms with Crippen LogP contribution in [0.5, 0.6) is 0 Å². The van der Waals surface area contributed by atoms with Crippen LogP contribution in [-0.2, 0) is 29.9 Å². The SMILES string of the molecule is COC(=O)C1(C)OOC(c2ccccc2)(c2ccccc2)N(C)O1. The molecule has 1 atom stereocenters. The second kappa shape index (κ2) is 6.33. The predicted molar refractivity (Wildman–Crippen MR) is 85.1 cm³/mol. The molecule has 6 nitrogen and oxygen atoms in total. The van der Waals surface area contributed by atoms with Crippen LogP contribution in [0.4, 0.5) is 0 Å². The first-order valence-corrected chi connectivity index (χ1v) is 7.52. The van der Waals surface area contributed by atoms with Crippen molar-refractivity contribution in [2.75, 3.05) is 14.2 Å². The van der Waals surface area contributed by atoms with Crippen molar-refractivity contribution in [3.8, 4) is 0 Å². The summed E-state index contributed by atoms with van der Waals surface area (Å²) in [4.78, 5) is 28.9. The third-order valence-corrected chi connectivity index (χ3v) is 3.96. The van der Waals surface area contributed by atoms with E-state index in [1.165, 1.54) is 19.1 Å². The van der Waals surface area contributed by atoms with Gasteiger partial charge in [-0.15, -0.1) is 5.06 Å². The molecule has 1 fully saturated rings. The van der Waals surface area contributed by atoms with Crippen LogP contribution in [0.2, 0.25) is 0 Å². The van der Waals surface area contributed by atoms with Gasteiger partial charge >= 0.3 is 11.8 Å². The van der Waals surface area contributed by atoms with Crippen LogP contribution in [0.1, 0.15) is 18.1 Å². The van der Waals surface area contributed by atoms with Crippen LogP contribution in [0, 0.1) is 0 Å². The summed E-state index contributed by atoms with van der Waals surface area (Å²) in [6, 6.07) is 19.0. The maximum Gasteiger partial charge on any atom is 0.370 e. The van der Waals surface area contributed by atoms with Gasteiger partial charge in [0.05, 0.1) is 7.11 Å². The quantitative estimate of drug-likeness (QED) is 0.637. The lowest BCUT2D eigenvalue weighted by Gasteiger charge is -2.47. The summed E-state index contributed by atoms with van der Waals surface area (Å²) in [6.45, 7) is 1.44. The zero-order valence-corrected chi connectivity index (χ0v) is 13.8. The highest BCUT2D eigenvalue weighted by Crippen LogP contribution is 2.42. The molecule has 0 N–H and O–H groups in total. The van der Waals surface area contributed by atoms with Crippen LogP contribution in [0.15, 0.2) is 60.7 Å². The highest BCUT2D eigenvalue weighted by atomic mass is 17.3. The molecule has 1 heterocycles. The largest absolute Gasteiger partial charge is 0.465 e. The molecule has 0 bridgehead atoms. The van der Waals surface area contributed by atoms with Gasteiger partial charge in [-0.05, 0) is 0 Å². The van der Waals surface area contributed by atoms with E-state index in [2.05, 4.69) is 0 Å². The summed E-state index contributed by atoms with van der Waals surface area (Å²) in [5.74, 6) is -2.37. The number of carbonyl (C=O) groups excluding carboxylic acids is 1. The fraction of sp³-hybridized carbons (Fsp3) is 0.278. The Morgan fingerprint density at radius 2 is 1.46 bits per heavy atom. The number of carbonyl (C=O) groups is 1. The van der Waals surface area contributed by atoms with Gasteiger partial charge in [0.2, 0.25) is 5.72 Å². The van der Waals surface area contributed by atoms with E-state index in [4.69, 9.17) is 19.3 Å². The van der Waals surface area contributed by atoms with Crippen molar-refractivity contribution in [3.05, 3.63) is 71.8 Å². The summed E-state index contributed by atoms with van der Waals surface area (Å²) in [7, 11) is 2.94. The average Bonchev–Trinajstić information content (AvgIpc) is 2.63. The number of benzene rings is 2. The number of nitrogens with zero attached hydrogens (tertiary/aromatic N) is 1. The standard InChI is InChI=1S/C18H19NO5/c1-17(16(20)21-3)22-19(2)18(24-23-17,14-10-6-4-7-11-14)15-12-8-5-9-13-15/h4-13H,1-3H3. The summed E-state index contributed by atoms with van der Waals surface area (Å²) in [6.07, 6.45) is 0. The Morgan fingerprint density at radius 1 is 0.958 bits per heavy atom. The Balaban J connectivity index is 2.07. The van der Waals surface area contributed by atoms with Crippen molar-refractivity contribution in [2.24, 2.45) is 0 Å². The number of ether oxygens (including phenoxy) is 1. The summed E-state index contributed by atoms with van der Waals surface area (Å²) in [5.41, 5.74) is 0.437. The molecule has 0 spiro atoms. The lowest BCUT2D eigenvalue weighted by molar-refractivity contribution is -0.573. The molecule has 24 heavy (non-hydrogen) atoms. The van der Waals surface area contributed by atoms with Crippen LogP contribution in [0.25, 0.3) is 0 Å². The van der Waals surface area contributed by atoms with Gasteiger partial charge in [0.15, 0.2) is 0 Å². The van der Waals surface area contributed by atoms with E-state index in [-0.39, 0.29) is 0 Å². The molecule has 126 valence electrons. The Morgan fingerprint density at radius 3 is 1.88 bits per heavy atom. The van der Waals surface area contributed by atoms with E-state index >= 15 is 0 Å². The van der Waals surface area contributed by atoms with Crippen LogP contribution in [-0.4, -0.2) is 31.0 Å². The fourth-order valence-electron chi connectivity index (χ4n) is 2.74. The van der Waals surface area contributed by atoms with Gasteiger partial charge in [0.1, 0.15) is 0 Å². The number of hydrogen-bond acceptors (Lipinski definition) is 6. The first-order valence-electron chi connectivity index (χ1n) is 7.52. The van der Waals surface area contributed by atoms with Crippen LogP contribution < -0.4 is 0 Å². The van der Waals surface area contributed by atoms with E-state index < -0.39 is 17.5 Å². The number of methoxy groups -OCH3 is 1. The minimum atomic E-state index is -1.68. The molecule has 1 aliphatic heterocycles. The van der Waals surface area contributed by atoms with Crippen LogP contribution >= 0.6 is 0 Å². The molecular weight excluding hydrogens is 310 g/mol. The van der Waals surface area contributed by atoms with Crippen molar-refractivity contribution in [1.29, 1.82) is 0 Å². The number of rotatable bonds is 3. The smallest absolute Gasteiger partial charge is 0.370 e. The Bertz CT molecular complexity index is 666.